The van der Waals surface area contributed by atoms with Gasteiger partial charge < -0.3 is 9.80 Å². The molecule has 1 aromatic carbocycles. The largest absolute Gasteiger partial charge is 0.313 e. The number of anilines is 2. The lowest BCUT2D eigenvalue weighted by atomic mass is 10.1. The average Bonchev–Trinajstić information content (AvgIpc) is 2.54. The van der Waals surface area contributed by atoms with Crippen LogP contribution in [0, 0.1) is 10.1 Å². The van der Waals surface area contributed by atoms with E-state index in [2.05, 4.69) is 15.9 Å². The van der Waals surface area contributed by atoms with Crippen molar-refractivity contribution in [3.63, 3.8) is 0 Å². The van der Waals surface area contributed by atoms with E-state index < -0.39 is 4.92 Å². The van der Waals surface area contributed by atoms with Crippen molar-refractivity contribution in [2.75, 3.05) is 22.2 Å². The fourth-order valence-electron chi connectivity index (χ4n) is 2.54. The zero-order valence-corrected chi connectivity index (χ0v) is 13.9. The molecule has 1 aliphatic heterocycles. The average molecular weight is 370 g/mol. The van der Waals surface area contributed by atoms with Gasteiger partial charge in [0.15, 0.2) is 0 Å². The molecule has 0 unspecified atom stereocenters. The van der Waals surface area contributed by atoms with Crippen LogP contribution in [0.3, 0.4) is 0 Å². The van der Waals surface area contributed by atoms with Crippen molar-refractivity contribution in [3.05, 3.63) is 28.3 Å². The third kappa shape index (κ3) is 2.96. The number of hydrogen-bond acceptors (Lipinski definition) is 4. The first kappa shape index (κ1) is 16.4. The van der Waals surface area contributed by atoms with Crippen LogP contribution in [0.25, 0.3) is 0 Å². The van der Waals surface area contributed by atoms with Gasteiger partial charge in [-0.1, -0.05) is 15.9 Å². The predicted octanol–water partition coefficient (Wildman–Crippen LogP) is 2.47. The number of hydrogen-bond donors (Lipinski definition) is 0. The molecule has 0 saturated carbocycles. The van der Waals surface area contributed by atoms with Crippen molar-refractivity contribution >= 4 is 44.8 Å². The number of nitro benzene ring substituents is 1. The van der Waals surface area contributed by atoms with E-state index in [1.807, 2.05) is 0 Å². The molecular weight excluding hydrogens is 354 g/mol. The summed E-state index contributed by atoms with van der Waals surface area (Å²) in [6.45, 7) is 1.77. The lowest BCUT2D eigenvalue weighted by molar-refractivity contribution is -0.384. The fourth-order valence-corrected chi connectivity index (χ4v) is 2.88. The molecule has 8 heteroatoms. The highest BCUT2D eigenvalue weighted by Crippen LogP contribution is 2.37. The summed E-state index contributed by atoms with van der Waals surface area (Å²) >= 11 is 3.22. The number of carbonyl (C=O) groups is 2. The van der Waals surface area contributed by atoms with Crippen LogP contribution in [0.4, 0.5) is 17.1 Å². The van der Waals surface area contributed by atoms with Crippen LogP contribution in [0.1, 0.15) is 19.8 Å². The van der Waals surface area contributed by atoms with Gasteiger partial charge in [-0.25, -0.2) is 0 Å². The third-order valence-corrected chi connectivity index (χ3v) is 4.05. The smallest absolute Gasteiger partial charge is 0.271 e. The maximum atomic E-state index is 12.4. The first-order valence-electron chi connectivity index (χ1n) is 6.79. The van der Waals surface area contributed by atoms with Crippen molar-refractivity contribution in [2.45, 2.75) is 25.8 Å². The summed E-state index contributed by atoms with van der Waals surface area (Å²) in [5.74, 6) is -0.300. The van der Waals surface area contributed by atoms with Gasteiger partial charge in [0.25, 0.3) is 5.69 Å². The van der Waals surface area contributed by atoms with Gasteiger partial charge in [-0.2, -0.15) is 0 Å². The summed E-state index contributed by atoms with van der Waals surface area (Å²) < 4.78 is 0. The molecule has 0 saturated heterocycles. The van der Waals surface area contributed by atoms with Crippen molar-refractivity contribution < 1.29 is 14.5 Å². The molecule has 22 heavy (non-hydrogen) atoms. The highest BCUT2D eigenvalue weighted by molar-refractivity contribution is 9.09. The number of rotatable bonds is 3. The molecule has 2 rings (SSSR count). The Balaban J connectivity index is 2.61. The van der Waals surface area contributed by atoms with Crippen molar-refractivity contribution in [3.8, 4) is 0 Å². The summed E-state index contributed by atoms with van der Waals surface area (Å²) in [5.41, 5.74) is 0.800. The van der Waals surface area contributed by atoms with Gasteiger partial charge in [0.2, 0.25) is 11.8 Å². The molecule has 0 fully saturated rings. The minimum atomic E-state index is -0.509. The summed E-state index contributed by atoms with van der Waals surface area (Å²) in [6.07, 6.45) is 0.428. The lowest BCUT2D eigenvalue weighted by Gasteiger charge is -2.27. The molecule has 0 N–H and O–H groups in total. The summed E-state index contributed by atoms with van der Waals surface area (Å²) in [4.78, 5) is 38.0. The van der Waals surface area contributed by atoms with E-state index in [0.29, 0.717) is 16.7 Å². The molecule has 2 amide bonds. The van der Waals surface area contributed by atoms with Gasteiger partial charge in [0.05, 0.1) is 16.3 Å². The second kappa shape index (κ2) is 6.43. The molecule has 0 radical (unpaired) electrons. The van der Waals surface area contributed by atoms with E-state index in [9.17, 15) is 19.7 Å². The highest BCUT2D eigenvalue weighted by Gasteiger charge is 2.33. The Morgan fingerprint density at radius 1 is 1.45 bits per heavy atom. The number of carbonyl (C=O) groups excluding carboxylic acids is 2. The molecule has 1 atom stereocenters. The molecule has 0 spiro atoms. The normalized spacial score (nSPS) is 18.0. The first-order chi connectivity index (χ1) is 10.4. The van der Waals surface area contributed by atoms with E-state index in [0.717, 1.165) is 0 Å². The number of amides is 2. The molecule has 0 aliphatic carbocycles. The Morgan fingerprint density at radius 2 is 2.14 bits per heavy atom. The monoisotopic (exact) mass is 369 g/mol. The molecule has 1 heterocycles. The van der Waals surface area contributed by atoms with Crippen LogP contribution in [0.15, 0.2) is 18.2 Å². The fraction of sp³-hybridized carbons (Fsp3) is 0.429. The van der Waals surface area contributed by atoms with Crippen molar-refractivity contribution in [1.29, 1.82) is 0 Å². The number of alkyl halides is 1. The van der Waals surface area contributed by atoms with Crippen LogP contribution in [0.2, 0.25) is 0 Å². The summed E-state index contributed by atoms with van der Waals surface area (Å²) in [7, 11) is 1.61. The lowest BCUT2D eigenvalue weighted by Crippen LogP contribution is -2.39. The van der Waals surface area contributed by atoms with Gasteiger partial charge >= 0.3 is 0 Å². The predicted molar refractivity (Wildman–Crippen MR) is 86.5 cm³/mol. The second-order valence-corrected chi connectivity index (χ2v) is 5.93. The maximum absolute atomic E-state index is 12.4. The van der Waals surface area contributed by atoms with Gasteiger partial charge in [-0.05, 0) is 13.0 Å². The Labute approximate surface area is 136 Å². The molecule has 7 nitrogen and oxygen atoms in total. The standard InChI is InChI=1S/C14H16BrN3O4/c1-9-7-14(20)16(2)11-4-3-10(18(21)22)8-12(11)17(9)13(19)5-6-15/h3-4,8-9H,5-7H2,1-2H3/t9-/m1/s1. The van der Waals surface area contributed by atoms with E-state index in [1.54, 1.807) is 14.0 Å². The topological polar surface area (TPSA) is 83.8 Å². The van der Waals surface area contributed by atoms with Crippen LogP contribution < -0.4 is 9.80 Å². The van der Waals surface area contributed by atoms with Crippen LogP contribution in [-0.4, -0.2) is 35.2 Å². The van der Waals surface area contributed by atoms with Crippen LogP contribution in [-0.2, 0) is 9.59 Å². The Hall–Kier alpha value is -1.96. The van der Waals surface area contributed by atoms with E-state index in [-0.39, 0.29) is 36.4 Å². The molecular formula is C14H16BrN3O4. The quantitative estimate of drug-likeness (QED) is 0.465. The first-order valence-corrected chi connectivity index (χ1v) is 7.92. The maximum Gasteiger partial charge on any atom is 0.271 e. The van der Waals surface area contributed by atoms with E-state index >= 15 is 0 Å². The Bertz CT molecular complexity index is 635. The number of nitrogens with zero attached hydrogens (tertiary/aromatic N) is 3. The van der Waals surface area contributed by atoms with Crippen LogP contribution in [0.5, 0.6) is 0 Å². The summed E-state index contributed by atoms with van der Waals surface area (Å²) in [5, 5.41) is 11.5. The minimum absolute atomic E-state index is 0.106. The van der Waals surface area contributed by atoms with Crippen molar-refractivity contribution in [2.24, 2.45) is 0 Å². The molecule has 0 bridgehead atoms. The number of nitro groups is 1. The van der Waals surface area contributed by atoms with E-state index in [1.165, 1.54) is 28.0 Å². The molecule has 118 valence electrons. The SMILES string of the molecule is C[C@@H]1CC(=O)N(C)c2ccc([N+](=O)[O-])cc2N1C(=O)CCBr. The van der Waals surface area contributed by atoms with Gasteiger partial charge in [0.1, 0.15) is 0 Å². The zero-order valence-electron chi connectivity index (χ0n) is 12.3. The number of halogens is 1. The van der Waals surface area contributed by atoms with Gasteiger partial charge in [-0.15, -0.1) is 0 Å². The highest BCUT2D eigenvalue weighted by atomic mass is 79.9. The second-order valence-electron chi connectivity index (χ2n) is 5.14. The third-order valence-electron chi connectivity index (χ3n) is 3.65. The zero-order chi connectivity index (χ0) is 16.4. The van der Waals surface area contributed by atoms with Crippen molar-refractivity contribution in [1.82, 2.24) is 0 Å². The number of fused-ring (bicyclic) bond motifs is 1. The Morgan fingerprint density at radius 3 is 2.73 bits per heavy atom. The molecule has 1 aliphatic rings. The molecule has 0 aromatic heterocycles. The summed E-state index contributed by atoms with van der Waals surface area (Å²) in [6, 6.07) is 3.85. The van der Waals surface area contributed by atoms with E-state index in [4.69, 9.17) is 0 Å². The molecule has 1 aromatic rings. The number of benzene rings is 1. The minimum Gasteiger partial charge on any atom is -0.313 e. The van der Waals surface area contributed by atoms with Gasteiger partial charge in [0, 0.05) is 43.4 Å². The van der Waals surface area contributed by atoms with Gasteiger partial charge in [-0.3, -0.25) is 19.7 Å². The Kier molecular flexibility index (Phi) is 4.80. The van der Waals surface area contributed by atoms with Crippen LogP contribution >= 0.6 is 15.9 Å². The number of non-ortho nitro benzene ring substituents is 1.